The highest BCUT2D eigenvalue weighted by atomic mass is 16.2. The number of piperazine rings is 1. The molecule has 0 radical (unpaired) electrons. The average Bonchev–Trinajstić information content (AvgIpc) is 2.91. The second-order valence-electron chi connectivity index (χ2n) is 8.91. The van der Waals surface area contributed by atoms with Crippen molar-refractivity contribution in [1.29, 1.82) is 0 Å². The molecule has 1 aromatic carbocycles. The standard InChI is InChI=1S/C24H34N4O2/c1-18-7-8-22-21(15-18)20(19(2)25-22)16-23(29)28-13-11-26(12-14-28)17-24(30)27-9-5-3-4-6-10-27/h7-8,15,25H,3-6,9-14,16-17H2,1-2H3. The Morgan fingerprint density at radius 3 is 2.23 bits per heavy atom. The molecule has 30 heavy (non-hydrogen) atoms. The lowest BCUT2D eigenvalue weighted by Gasteiger charge is -2.35. The number of rotatable bonds is 4. The van der Waals surface area contributed by atoms with Crippen LogP contribution in [0.2, 0.25) is 0 Å². The lowest BCUT2D eigenvalue weighted by Crippen LogP contribution is -2.52. The van der Waals surface area contributed by atoms with E-state index in [9.17, 15) is 9.59 Å². The van der Waals surface area contributed by atoms with Gasteiger partial charge in [0.1, 0.15) is 0 Å². The Bertz CT molecular complexity index is 903. The van der Waals surface area contributed by atoms with E-state index in [4.69, 9.17) is 0 Å². The number of benzene rings is 1. The first-order valence-corrected chi connectivity index (χ1v) is 11.4. The lowest BCUT2D eigenvalue weighted by molar-refractivity contribution is -0.134. The zero-order valence-electron chi connectivity index (χ0n) is 18.4. The molecular formula is C24H34N4O2. The number of aromatic amines is 1. The minimum Gasteiger partial charge on any atom is -0.358 e. The second-order valence-corrected chi connectivity index (χ2v) is 8.91. The van der Waals surface area contributed by atoms with Crippen LogP contribution in [-0.2, 0) is 16.0 Å². The number of carbonyl (C=O) groups is 2. The van der Waals surface area contributed by atoms with E-state index in [1.165, 1.54) is 18.4 Å². The van der Waals surface area contributed by atoms with Crippen molar-refractivity contribution in [3.05, 3.63) is 35.0 Å². The van der Waals surface area contributed by atoms with Crippen molar-refractivity contribution >= 4 is 22.7 Å². The summed E-state index contributed by atoms with van der Waals surface area (Å²) in [6, 6.07) is 6.34. The summed E-state index contributed by atoms with van der Waals surface area (Å²) in [4.78, 5) is 35.2. The summed E-state index contributed by atoms with van der Waals surface area (Å²) in [6.45, 7) is 9.38. The monoisotopic (exact) mass is 410 g/mol. The molecule has 2 aromatic rings. The van der Waals surface area contributed by atoms with Crippen LogP contribution in [0.5, 0.6) is 0 Å². The number of hydrogen-bond acceptors (Lipinski definition) is 3. The van der Waals surface area contributed by atoms with E-state index in [-0.39, 0.29) is 11.8 Å². The Hall–Kier alpha value is -2.34. The third kappa shape index (κ3) is 4.69. The van der Waals surface area contributed by atoms with Crippen molar-refractivity contribution in [3.8, 4) is 0 Å². The number of hydrogen-bond donors (Lipinski definition) is 1. The normalized spacial score (nSPS) is 18.6. The quantitative estimate of drug-likeness (QED) is 0.843. The van der Waals surface area contributed by atoms with E-state index in [2.05, 4.69) is 35.0 Å². The summed E-state index contributed by atoms with van der Waals surface area (Å²) >= 11 is 0. The van der Waals surface area contributed by atoms with Crippen LogP contribution in [-0.4, -0.2) is 77.3 Å². The molecule has 162 valence electrons. The van der Waals surface area contributed by atoms with E-state index < -0.39 is 0 Å². The number of likely N-dealkylation sites (tertiary alicyclic amines) is 1. The van der Waals surface area contributed by atoms with E-state index in [1.807, 2.05) is 16.7 Å². The van der Waals surface area contributed by atoms with E-state index in [0.717, 1.165) is 61.2 Å². The number of carbonyl (C=O) groups excluding carboxylic acids is 2. The van der Waals surface area contributed by atoms with E-state index in [1.54, 1.807) is 0 Å². The van der Waals surface area contributed by atoms with Gasteiger partial charge in [-0.25, -0.2) is 0 Å². The smallest absolute Gasteiger partial charge is 0.236 e. The van der Waals surface area contributed by atoms with Gasteiger partial charge >= 0.3 is 0 Å². The molecule has 2 saturated heterocycles. The number of nitrogens with one attached hydrogen (secondary N) is 1. The highest BCUT2D eigenvalue weighted by Gasteiger charge is 2.25. The first-order chi connectivity index (χ1) is 14.5. The van der Waals surface area contributed by atoms with Gasteiger partial charge in [0, 0.05) is 55.9 Å². The van der Waals surface area contributed by atoms with E-state index >= 15 is 0 Å². The van der Waals surface area contributed by atoms with Gasteiger partial charge in [-0.1, -0.05) is 24.5 Å². The molecule has 0 aliphatic carbocycles. The van der Waals surface area contributed by atoms with Gasteiger partial charge in [0.25, 0.3) is 0 Å². The van der Waals surface area contributed by atoms with Crippen molar-refractivity contribution in [2.75, 3.05) is 45.8 Å². The molecule has 6 nitrogen and oxygen atoms in total. The minimum absolute atomic E-state index is 0.180. The number of nitrogens with zero attached hydrogens (tertiary/aromatic N) is 3. The second kappa shape index (κ2) is 9.21. The van der Waals surface area contributed by atoms with Crippen LogP contribution in [0.25, 0.3) is 10.9 Å². The van der Waals surface area contributed by atoms with Crippen LogP contribution in [0.3, 0.4) is 0 Å². The Kier molecular flexibility index (Phi) is 6.42. The van der Waals surface area contributed by atoms with Crippen LogP contribution in [0, 0.1) is 13.8 Å². The van der Waals surface area contributed by atoms with Crippen LogP contribution in [0.4, 0.5) is 0 Å². The van der Waals surface area contributed by atoms with Gasteiger partial charge in [-0.3, -0.25) is 14.5 Å². The minimum atomic E-state index is 0.180. The van der Waals surface area contributed by atoms with Crippen molar-refractivity contribution in [2.24, 2.45) is 0 Å². The molecule has 2 fully saturated rings. The summed E-state index contributed by atoms with van der Waals surface area (Å²) in [6.07, 6.45) is 5.16. The van der Waals surface area contributed by atoms with Crippen molar-refractivity contribution in [1.82, 2.24) is 19.7 Å². The van der Waals surface area contributed by atoms with Crippen LogP contribution >= 0.6 is 0 Å². The molecule has 2 amide bonds. The molecule has 0 bridgehead atoms. The zero-order valence-corrected chi connectivity index (χ0v) is 18.4. The van der Waals surface area contributed by atoms with Gasteiger partial charge in [0.15, 0.2) is 0 Å². The van der Waals surface area contributed by atoms with Gasteiger partial charge in [0.05, 0.1) is 13.0 Å². The summed E-state index contributed by atoms with van der Waals surface area (Å²) in [7, 11) is 0. The van der Waals surface area contributed by atoms with Crippen LogP contribution < -0.4 is 0 Å². The molecule has 0 unspecified atom stereocenters. The molecule has 2 aliphatic heterocycles. The first-order valence-electron chi connectivity index (χ1n) is 11.4. The Balaban J connectivity index is 1.31. The SMILES string of the molecule is Cc1ccc2[nH]c(C)c(CC(=O)N3CCN(CC(=O)N4CCCCCC4)CC3)c2c1. The van der Waals surface area contributed by atoms with Crippen molar-refractivity contribution < 1.29 is 9.59 Å². The maximum Gasteiger partial charge on any atom is 0.236 e. The lowest BCUT2D eigenvalue weighted by atomic mass is 10.0. The van der Waals surface area contributed by atoms with Crippen LogP contribution in [0.15, 0.2) is 18.2 Å². The fourth-order valence-electron chi connectivity index (χ4n) is 4.75. The van der Waals surface area contributed by atoms with Gasteiger partial charge in [0.2, 0.25) is 11.8 Å². The predicted molar refractivity (Wildman–Crippen MR) is 120 cm³/mol. The number of aromatic nitrogens is 1. The molecular weight excluding hydrogens is 376 g/mol. The number of H-pyrrole nitrogens is 1. The Morgan fingerprint density at radius 1 is 0.867 bits per heavy atom. The Morgan fingerprint density at radius 2 is 1.53 bits per heavy atom. The third-order valence-corrected chi connectivity index (χ3v) is 6.65. The molecule has 1 N–H and O–H groups in total. The number of amides is 2. The van der Waals surface area contributed by atoms with Crippen molar-refractivity contribution in [2.45, 2.75) is 46.0 Å². The highest BCUT2D eigenvalue weighted by molar-refractivity contribution is 5.90. The maximum atomic E-state index is 13.0. The molecule has 0 saturated carbocycles. The summed E-state index contributed by atoms with van der Waals surface area (Å²) in [5, 5.41) is 1.16. The molecule has 3 heterocycles. The number of fused-ring (bicyclic) bond motifs is 1. The molecule has 6 heteroatoms. The van der Waals surface area contributed by atoms with Crippen LogP contribution in [0.1, 0.15) is 42.5 Å². The molecule has 1 aromatic heterocycles. The van der Waals surface area contributed by atoms with Gasteiger partial charge in [-0.15, -0.1) is 0 Å². The van der Waals surface area contributed by atoms with Gasteiger partial charge in [-0.05, 0) is 44.4 Å². The zero-order chi connectivity index (χ0) is 21.1. The van der Waals surface area contributed by atoms with Crippen molar-refractivity contribution in [3.63, 3.8) is 0 Å². The first kappa shape index (κ1) is 20.9. The highest BCUT2D eigenvalue weighted by Crippen LogP contribution is 2.24. The van der Waals surface area contributed by atoms with Gasteiger partial charge < -0.3 is 14.8 Å². The molecule has 4 rings (SSSR count). The Labute approximate surface area is 179 Å². The summed E-state index contributed by atoms with van der Waals surface area (Å²) < 4.78 is 0. The maximum absolute atomic E-state index is 13.0. The average molecular weight is 411 g/mol. The van der Waals surface area contributed by atoms with E-state index in [0.29, 0.717) is 26.1 Å². The summed E-state index contributed by atoms with van der Waals surface area (Å²) in [5.41, 5.74) is 4.48. The summed E-state index contributed by atoms with van der Waals surface area (Å²) in [5.74, 6) is 0.431. The third-order valence-electron chi connectivity index (χ3n) is 6.65. The largest absolute Gasteiger partial charge is 0.358 e. The fourth-order valence-corrected chi connectivity index (χ4v) is 4.75. The molecule has 2 aliphatic rings. The predicted octanol–water partition coefficient (Wildman–Crippen LogP) is 2.87. The topological polar surface area (TPSA) is 59.7 Å². The fraction of sp³-hybridized carbons (Fsp3) is 0.583. The molecule has 0 atom stereocenters. The number of aryl methyl sites for hydroxylation is 2. The molecule has 0 spiro atoms. The van der Waals surface area contributed by atoms with Gasteiger partial charge in [-0.2, -0.15) is 0 Å².